The number of rotatable bonds is 5. The summed E-state index contributed by atoms with van der Waals surface area (Å²) in [7, 11) is 0. The number of nitrogens with zero attached hydrogens (tertiary/aromatic N) is 1. The summed E-state index contributed by atoms with van der Waals surface area (Å²) in [5.74, 6) is -0.881. The molecule has 0 aliphatic carbocycles. The van der Waals surface area contributed by atoms with E-state index >= 15 is 0 Å². The zero-order chi connectivity index (χ0) is 14.5. The summed E-state index contributed by atoms with van der Waals surface area (Å²) in [6.07, 6.45) is -2.69. The minimum atomic E-state index is -4.63. The van der Waals surface area contributed by atoms with Crippen molar-refractivity contribution in [1.82, 2.24) is 10.3 Å². The lowest BCUT2D eigenvalue weighted by Crippen LogP contribution is -2.36. The van der Waals surface area contributed by atoms with Gasteiger partial charge in [0, 0.05) is 18.8 Å². The van der Waals surface area contributed by atoms with Crippen LogP contribution in [0.2, 0.25) is 0 Å². The standard InChI is InChI=1S/C12H15F3N2O2/c1-2-8(5-7-18)17-11(19)10-9(12(13,14)15)4-3-6-16-10/h3-4,6,8,18H,2,5,7H2,1H3,(H,17,19). The Hall–Kier alpha value is -1.63. The Kier molecular flexibility index (Phi) is 5.29. The van der Waals surface area contributed by atoms with E-state index in [0.717, 1.165) is 18.3 Å². The lowest BCUT2D eigenvalue weighted by molar-refractivity contribution is -0.138. The van der Waals surface area contributed by atoms with Gasteiger partial charge in [0.05, 0.1) is 5.56 Å². The van der Waals surface area contributed by atoms with Crippen LogP contribution in [0.5, 0.6) is 0 Å². The third-order valence-electron chi connectivity index (χ3n) is 2.63. The molecular formula is C12H15F3N2O2. The van der Waals surface area contributed by atoms with Gasteiger partial charge in [0.15, 0.2) is 0 Å². The lowest BCUT2D eigenvalue weighted by Gasteiger charge is -2.17. The van der Waals surface area contributed by atoms with Crippen LogP contribution in [0.1, 0.15) is 35.8 Å². The summed E-state index contributed by atoms with van der Waals surface area (Å²) in [6, 6.07) is 1.57. The van der Waals surface area contributed by atoms with Crippen molar-refractivity contribution in [3.63, 3.8) is 0 Å². The fraction of sp³-hybridized carbons (Fsp3) is 0.500. The molecule has 0 aliphatic heterocycles. The molecule has 4 nitrogen and oxygen atoms in total. The van der Waals surface area contributed by atoms with Crippen molar-refractivity contribution in [2.24, 2.45) is 0 Å². The average Bonchev–Trinajstić information content (AvgIpc) is 2.37. The maximum Gasteiger partial charge on any atom is 0.418 e. The van der Waals surface area contributed by atoms with Gasteiger partial charge in [-0.15, -0.1) is 0 Å². The second-order valence-electron chi connectivity index (χ2n) is 3.99. The number of pyridine rings is 1. The summed E-state index contributed by atoms with van der Waals surface area (Å²) in [5.41, 5.74) is -1.71. The number of halogens is 3. The van der Waals surface area contributed by atoms with Crippen LogP contribution in [-0.2, 0) is 6.18 Å². The second kappa shape index (κ2) is 6.51. The zero-order valence-corrected chi connectivity index (χ0v) is 10.4. The first-order valence-corrected chi connectivity index (χ1v) is 5.84. The predicted octanol–water partition coefficient (Wildman–Crippen LogP) is 1.99. The fourth-order valence-corrected chi connectivity index (χ4v) is 1.60. The summed E-state index contributed by atoms with van der Waals surface area (Å²) < 4.78 is 38.1. The number of carbonyl (C=O) groups excluding carboxylic acids is 1. The quantitative estimate of drug-likeness (QED) is 0.864. The van der Waals surface area contributed by atoms with Crippen LogP contribution in [0.15, 0.2) is 18.3 Å². The van der Waals surface area contributed by atoms with Gasteiger partial charge in [-0.2, -0.15) is 13.2 Å². The molecule has 1 rings (SSSR count). The topological polar surface area (TPSA) is 62.2 Å². The van der Waals surface area contributed by atoms with E-state index in [-0.39, 0.29) is 19.1 Å². The minimum Gasteiger partial charge on any atom is -0.396 e. The van der Waals surface area contributed by atoms with E-state index in [4.69, 9.17) is 5.11 Å². The minimum absolute atomic E-state index is 0.146. The number of alkyl halides is 3. The predicted molar refractivity (Wildman–Crippen MR) is 62.5 cm³/mol. The average molecular weight is 276 g/mol. The first-order valence-electron chi connectivity index (χ1n) is 5.84. The van der Waals surface area contributed by atoms with Gasteiger partial charge in [0.1, 0.15) is 5.69 Å². The van der Waals surface area contributed by atoms with E-state index in [0.29, 0.717) is 6.42 Å². The van der Waals surface area contributed by atoms with Crippen molar-refractivity contribution in [1.29, 1.82) is 0 Å². The van der Waals surface area contributed by atoms with E-state index in [1.165, 1.54) is 0 Å². The van der Waals surface area contributed by atoms with Crippen molar-refractivity contribution in [3.8, 4) is 0 Å². The smallest absolute Gasteiger partial charge is 0.396 e. The molecule has 1 unspecified atom stereocenters. The molecule has 1 heterocycles. The molecule has 1 aromatic rings. The summed E-state index contributed by atoms with van der Waals surface area (Å²) in [5, 5.41) is 11.2. The Balaban J connectivity index is 2.94. The van der Waals surface area contributed by atoms with Crippen LogP contribution in [0.25, 0.3) is 0 Å². The summed E-state index contributed by atoms with van der Waals surface area (Å²) >= 11 is 0. The van der Waals surface area contributed by atoms with Crippen LogP contribution >= 0.6 is 0 Å². The van der Waals surface area contributed by atoms with Crippen LogP contribution in [0.4, 0.5) is 13.2 Å². The molecule has 1 atom stereocenters. The molecule has 0 spiro atoms. The first kappa shape index (κ1) is 15.4. The summed E-state index contributed by atoms with van der Waals surface area (Å²) in [4.78, 5) is 15.3. The van der Waals surface area contributed by atoms with E-state index in [1.807, 2.05) is 0 Å². The van der Waals surface area contributed by atoms with Crippen molar-refractivity contribution in [2.45, 2.75) is 32.0 Å². The molecule has 0 saturated heterocycles. The van der Waals surface area contributed by atoms with Crippen LogP contribution in [0, 0.1) is 0 Å². The number of carbonyl (C=O) groups is 1. The number of aromatic nitrogens is 1. The number of aliphatic hydroxyl groups excluding tert-OH is 1. The van der Waals surface area contributed by atoms with Gasteiger partial charge in [0.2, 0.25) is 0 Å². The Labute approximate surface area is 108 Å². The highest BCUT2D eigenvalue weighted by Gasteiger charge is 2.36. The number of nitrogens with one attached hydrogen (secondary N) is 1. The number of hydrogen-bond donors (Lipinski definition) is 2. The zero-order valence-electron chi connectivity index (χ0n) is 10.4. The third kappa shape index (κ3) is 4.20. The number of amides is 1. The van der Waals surface area contributed by atoms with Crippen LogP contribution < -0.4 is 5.32 Å². The molecule has 1 aromatic heterocycles. The molecule has 0 radical (unpaired) electrons. The Morgan fingerprint density at radius 1 is 1.53 bits per heavy atom. The van der Waals surface area contributed by atoms with E-state index in [1.54, 1.807) is 6.92 Å². The van der Waals surface area contributed by atoms with E-state index in [2.05, 4.69) is 10.3 Å². The number of aliphatic hydroxyl groups is 1. The second-order valence-corrected chi connectivity index (χ2v) is 3.99. The molecule has 106 valence electrons. The molecular weight excluding hydrogens is 261 g/mol. The molecule has 0 aliphatic rings. The molecule has 19 heavy (non-hydrogen) atoms. The van der Waals surface area contributed by atoms with Crippen molar-refractivity contribution < 1.29 is 23.1 Å². The maximum absolute atomic E-state index is 12.7. The molecule has 0 saturated carbocycles. The third-order valence-corrected chi connectivity index (χ3v) is 2.63. The number of hydrogen-bond acceptors (Lipinski definition) is 3. The van der Waals surface area contributed by atoms with Crippen LogP contribution in [0.3, 0.4) is 0 Å². The Bertz CT molecular complexity index is 435. The van der Waals surface area contributed by atoms with Gasteiger partial charge >= 0.3 is 6.18 Å². The molecule has 0 aromatic carbocycles. The van der Waals surface area contributed by atoms with Gasteiger partial charge < -0.3 is 10.4 Å². The van der Waals surface area contributed by atoms with E-state index in [9.17, 15) is 18.0 Å². The molecule has 7 heteroatoms. The lowest BCUT2D eigenvalue weighted by atomic mass is 10.1. The van der Waals surface area contributed by atoms with Gasteiger partial charge in [-0.1, -0.05) is 6.92 Å². The first-order chi connectivity index (χ1) is 8.90. The monoisotopic (exact) mass is 276 g/mol. The molecule has 0 bridgehead atoms. The molecule has 0 fully saturated rings. The SMILES string of the molecule is CCC(CCO)NC(=O)c1ncccc1C(F)(F)F. The highest BCUT2D eigenvalue weighted by atomic mass is 19.4. The van der Waals surface area contributed by atoms with Gasteiger partial charge in [-0.3, -0.25) is 9.78 Å². The normalized spacial score (nSPS) is 13.1. The Morgan fingerprint density at radius 3 is 2.74 bits per heavy atom. The molecule has 1 amide bonds. The van der Waals surface area contributed by atoms with Crippen LogP contribution in [-0.4, -0.2) is 28.6 Å². The van der Waals surface area contributed by atoms with Crippen molar-refractivity contribution in [3.05, 3.63) is 29.6 Å². The summed E-state index contributed by atoms with van der Waals surface area (Å²) in [6.45, 7) is 1.62. The highest BCUT2D eigenvalue weighted by molar-refractivity contribution is 5.94. The molecule has 2 N–H and O–H groups in total. The largest absolute Gasteiger partial charge is 0.418 e. The van der Waals surface area contributed by atoms with Crippen molar-refractivity contribution >= 4 is 5.91 Å². The fourth-order valence-electron chi connectivity index (χ4n) is 1.60. The van der Waals surface area contributed by atoms with Crippen molar-refractivity contribution in [2.75, 3.05) is 6.61 Å². The maximum atomic E-state index is 12.7. The van der Waals surface area contributed by atoms with E-state index < -0.39 is 23.3 Å². The highest BCUT2D eigenvalue weighted by Crippen LogP contribution is 2.30. The van der Waals surface area contributed by atoms with Gasteiger partial charge in [-0.05, 0) is 25.0 Å². The van der Waals surface area contributed by atoms with Gasteiger partial charge in [-0.25, -0.2) is 0 Å². The van der Waals surface area contributed by atoms with Gasteiger partial charge in [0.25, 0.3) is 5.91 Å². The Morgan fingerprint density at radius 2 is 2.21 bits per heavy atom.